The van der Waals surface area contributed by atoms with Crippen LogP contribution in [0.4, 0.5) is 5.69 Å². The van der Waals surface area contributed by atoms with Crippen LogP contribution in [0, 0.1) is 20.8 Å². The Morgan fingerprint density at radius 1 is 0.947 bits per heavy atom. The van der Waals surface area contributed by atoms with E-state index >= 15 is 0 Å². The van der Waals surface area contributed by atoms with Gasteiger partial charge in [0, 0.05) is 22.3 Å². The highest BCUT2D eigenvalue weighted by Gasteiger charge is 2.05. The van der Waals surface area contributed by atoms with Crippen molar-refractivity contribution in [3.05, 3.63) is 62.6 Å². The van der Waals surface area contributed by atoms with Crippen LogP contribution in [0.1, 0.15) is 22.3 Å². The molecular weight excluding hydrogens is 277 g/mol. The minimum absolute atomic E-state index is 0.663. The van der Waals surface area contributed by atoms with Crippen LogP contribution >= 0.6 is 23.2 Å². The van der Waals surface area contributed by atoms with Crippen LogP contribution in [0.3, 0.4) is 0 Å². The third-order valence-corrected chi connectivity index (χ3v) is 3.73. The van der Waals surface area contributed by atoms with Gasteiger partial charge in [0.1, 0.15) is 0 Å². The number of benzene rings is 2. The molecule has 2 aromatic carbocycles. The fourth-order valence-electron chi connectivity index (χ4n) is 2.31. The molecule has 0 unspecified atom stereocenters. The number of hydrogen-bond donors (Lipinski definition) is 1. The summed E-state index contributed by atoms with van der Waals surface area (Å²) >= 11 is 12.1. The normalized spacial score (nSPS) is 10.6. The second kappa shape index (κ2) is 5.85. The largest absolute Gasteiger partial charge is 0.380 e. The number of rotatable bonds is 3. The van der Waals surface area contributed by atoms with Crippen molar-refractivity contribution in [3.63, 3.8) is 0 Å². The molecule has 100 valence electrons. The number of aryl methyl sites for hydroxylation is 3. The molecule has 0 aromatic heterocycles. The highest BCUT2D eigenvalue weighted by atomic mass is 35.5. The highest BCUT2D eigenvalue weighted by molar-refractivity contribution is 6.35. The van der Waals surface area contributed by atoms with Gasteiger partial charge in [-0.15, -0.1) is 0 Å². The lowest BCUT2D eigenvalue weighted by Crippen LogP contribution is -2.03. The van der Waals surface area contributed by atoms with Crippen LogP contribution in [0.5, 0.6) is 0 Å². The molecule has 0 radical (unpaired) electrons. The summed E-state index contributed by atoms with van der Waals surface area (Å²) in [5.41, 5.74) is 6.01. The maximum Gasteiger partial charge on any atom is 0.0470 e. The Labute approximate surface area is 124 Å². The first kappa shape index (κ1) is 14.2. The molecule has 0 saturated heterocycles. The quantitative estimate of drug-likeness (QED) is 0.784. The average molecular weight is 294 g/mol. The van der Waals surface area contributed by atoms with E-state index in [1.165, 1.54) is 22.4 Å². The van der Waals surface area contributed by atoms with Gasteiger partial charge in [0.2, 0.25) is 0 Å². The van der Waals surface area contributed by atoms with Crippen molar-refractivity contribution >= 4 is 28.9 Å². The lowest BCUT2D eigenvalue weighted by molar-refractivity contribution is 1.13. The van der Waals surface area contributed by atoms with Gasteiger partial charge >= 0.3 is 0 Å². The standard InChI is InChI=1S/C16H17Cl2N/c1-10-6-11(2)16(12(3)7-10)19-9-13-4-5-14(17)8-15(13)18/h4-8,19H,9H2,1-3H3. The summed E-state index contributed by atoms with van der Waals surface area (Å²) in [6, 6.07) is 9.95. The number of anilines is 1. The molecule has 2 aromatic rings. The van der Waals surface area contributed by atoms with E-state index in [4.69, 9.17) is 23.2 Å². The molecule has 0 amide bonds. The Balaban J connectivity index is 2.19. The summed E-state index contributed by atoms with van der Waals surface area (Å²) in [7, 11) is 0. The Morgan fingerprint density at radius 2 is 1.58 bits per heavy atom. The predicted molar refractivity (Wildman–Crippen MR) is 84.4 cm³/mol. The maximum absolute atomic E-state index is 6.18. The van der Waals surface area contributed by atoms with Gasteiger partial charge in [-0.25, -0.2) is 0 Å². The molecular formula is C16H17Cl2N. The van der Waals surface area contributed by atoms with Crippen LogP contribution in [-0.2, 0) is 6.54 Å². The van der Waals surface area contributed by atoms with Gasteiger partial charge in [-0.2, -0.15) is 0 Å². The van der Waals surface area contributed by atoms with Gasteiger partial charge in [-0.3, -0.25) is 0 Å². The van der Waals surface area contributed by atoms with Gasteiger partial charge in [-0.05, 0) is 49.6 Å². The van der Waals surface area contributed by atoms with Crippen LogP contribution in [0.25, 0.3) is 0 Å². The van der Waals surface area contributed by atoms with Crippen molar-refractivity contribution in [3.8, 4) is 0 Å². The van der Waals surface area contributed by atoms with E-state index in [1.807, 2.05) is 12.1 Å². The first-order chi connectivity index (χ1) is 8.97. The molecule has 0 saturated carbocycles. The minimum atomic E-state index is 0.663. The molecule has 0 heterocycles. The maximum atomic E-state index is 6.18. The lowest BCUT2D eigenvalue weighted by Gasteiger charge is -2.14. The third kappa shape index (κ3) is 3.43. The molecule has 0 aliphatic carbocycles. The van der Waals surface area contributed by atoms with Crippen LogP contribution in [-0.4, -0.2) is 0 Å². The zero-order valence-electron chi connectivity index (χ0n) is 11.3. The van der Waals surface area contributed by atoms with E-state index < -0.39 is 0 Å². The Kier molecular flexibility index (Phi) is 4.38. The monoisotopic (exact) mass is 293 g/mol. The predicted octanol–water partition coefficient (Wildman–Crippen LogP) is 5.53. The first-order valence-electron chi connectivity index (χ1n) is 6.23. The van der Waals surface area contributed by atoms with Gasteiger partial charge in [0.05, 0.1) is 0 Å². The Morgan fingerprint density at radius 3 is 2.16 bits per heavy atom. The minimum Gasteiger partial charge on any atom is -0.380 e. The molecule has 2 rings (SSSR count). The summed E-state index contributed by atoms with van der Waals surface area (Å²) in [4.78, 5) is 0. The van der Waals surface area contributed by atoms with E-state index in [9.17, 15) is 0 Å². The SMILES string of the molecule is Cc1cc(C)c(NCc2ccc(Cl)cc2Cl)c(C)c1. The topological polar surface area (TPSA) is 12.0 Å². The van der Waals surface area contributed by atoms with Crippen molar-refractivity contribution in [1.82, 2.24) is 0 Å². The molecule has 0 bridgehead atoms. The molecule has 0 atom stereocenters. The van der Waals surface area contributed by atoms with Crippen LogP contribution < -0.4 is 5.32 Å². The molecule has 1 N–H and O–H groups in total. The Bertz CT molecular complexity index is 583. The van der Waals surface area contributed by atoms with Crippen LogP contribution in [0.15, 0.2) is 30.3 Å². The van der Waals surface area contributed by atoms with E-state index in [0.717, 1.165) is 5.56 Å². The van der Waals surface area contributed by atoms with Gasteiger partial charge < -0.3 is 5.32 Å². The summed E-state index contributed by atoms with van der Waals surface area (Å²) in [6.45, 7) is 7.04. The average Bonchev–Trinajstić information content (AvgIpc) is 2.30. The van der Waals surface area contributed by atoms with E-state index in [-0.39, 0.29) is 0 Å². The van der Waals surface area contributed by atoms with Crippen molar-refractivity contribution in [1.29, 1.82) is 0 Å². The van der Waals surface area contributed by atoms with Gasteiger partial charge in [0.15, 0.2) is 0 Å². The highest BCUT2D eigenvalue weighted by Crippen LogP contribution is 2.25. The van der Waals surface area contributed by atoms with Crippen molar-refractivity contribution in [2.75, 3.05) is 5.32 Å². The second-order valence-electron chi connectivity index (χ2n) is 4.86. The molecule has 0 aliphatic rings. The van der Waals surface area contributed by atoms with E-state index in [0.29, 0.717) is 16.6 Å². The zero-order chi connectivity index (χ0) is 14.0. The second-order valence-corrected chi connectivity index (χ2v) is 5.71. The fraction of sp³-hybridized carbons (Fsp3) is 0.250. The summed E-state index contributed by atoms with van der Waals surface area (Å²) < 4.78 is 0. The molecule has 19 heavy (non-hydrogen) atoms. The number of halogens is 2. The first-order valence-corrected chi connectivity index (χ1v) is 6.98. The molecule has 3 heteroatoms. The number of nitrogens with one attached hydrogen (secondary N) is 1. The Hall–Kier alpha value is -1.18. The molecule has 0 aliphatic heterocycles. The van der Waals surface area contributed by atoms with Gasteiger partial charge in [-0.1, -0.05) is 47.0 Å². The fourth-order valence-corrected chi connectivity index (χ4v) is 2.78. The molecule has 1 nitrogen and oxygen atoms in total. The van der Waals surface area contributed by atoms with Crippen molar-refractivity contribution in [2.24, 2.45) is 0 Å². The number of hydrogen-bond acceptors (Lipinski definition) is 1. The molecule has 0 fully saturated rings. The zero-order valence-corrected chi connectivity index (χ0v) is 12.9. The molecule has 0 spiro atoms. The third-order valence-electron chi connectivity index (χ3n) is 3.15. The van der Waals surface area contributed by atoms with Crippen molar-refractivity contribution < 1.29 is 0 Å². The van der Waals surface area contributed by atoms with Gasteiger partial charge in [0.25, 0.3) is 0 Å². The summed E-state index contributed by atoms with van der Waals surface area (Å²) in [5, 5.41) is 4.82. The van der Waals surface area contributed by atoms with E-state index in [1.54, 1.807) is 6.07 Å². The van der Waals surface area contributed by atoms with Crippen molar-refractivity contribution in [2.45, 2.75) is 27.3 Å². The lowest BCUT2D eigenvalue weighted by atomic mass is 10.0. The van der Waals surface area contributed by atoms with E-state index in [2.05, 4.69) is 38.2 Å². The summed E-state index contributed by atoms with van der Waals surface area (Å²) in [5.74, 6) is 0. The van der Waals surface area contributed by atoms with Crippen LogP contribution in [0.2, 0.25) is 10.0 Å². The smallest absolute Gasteiger partial charge is 0.0470 e. The summed E-state index contributed by atoms with van der Waals surface area (Å²) in [6.07, 6.45) is 0.